The predicted molar refractivity (Wildman–Crippen MR) is 107 cm³/mol. The second-order valence-electron chi connectivity index (χ2n) is 6.69. The molecule has 0 aliphatic carbocycles. The second-order valence-corrected chi connectivity index (χ2v) is 6.69. The molecule has 0 bridgehead atoms. The fourth-order valence-electron chi connectivity index (χ4n) is 3.16. The molecule has 1 heterocycles. The van der Waals surface area contributed by atoms with Crippen LogP contribution in [0, 0.1) is 10.1 Å². The molecule has 9 nitrogen and oxygen atoms in total. The Kier molecular flexibility index (Phi) is 6.28. The number of nitrogens with zero attached hydrogens (tertiary/aromatic N) is 3. The fraction of sp³-hybridized carbons (Fsp3) is 0.300. The van der Waals surface area contributed by atoms with Crippen molar-refractivity contribution in [2.24, 2.45) is 0 Å². The number of non-ortho nitro benzene ring substituents is 1. The van der Waals surface area contributed by atoms with Crippen molar-refractivity contribution < 1.29 is 19.6 Å². The van der Waals surface area contributed by atoms with Crippen LogP contribution in [-0.2, 0) is 4.79 Å². The van der Waals surface area contributed by atoms with Crippen LogP contribution in [0.4, 0.5) is 11.4 Å². The number of nitrogens with one attached hydrogen (secondary N) is 1. The van der Waals surface area contributed by atoms with E-state index in [1.165, 1.54) is 24.3 Å². The van der Waals surface area contributed by atoms with Gasteiger partial charge in [0.25, 0.3) is 11.6 Å². The number of anilines is 1. The minimum absolute atomic E-state index is 0.0284. The summed E-state index contributed by atoms with van der Waals surface area (Å²) in [5.74, 6) is -0.178. The van der Waals surface area contributed by atoms with Crippen LogP contribution in [0.1, 0.15) is 16.8 Å². The molecule has 0 radical (unpaired) electrons. The average Bonchev–Trinajstić information content (AvgIpc) is 2.74. The van der Waals surface area contributed by atoms with Crippen LogP contribution < -0.4 is 10.2 Å². The van der Waals surface area contributed by atoms with E-state index in [0.29, 0.717) is 31.7 Å². The first-order chi connectivity index (χ1) is 13.9. The molecule has 152 valence electrons. The summed E-state index contributed by atoms with van der Waals surface area (Å²) in [6.45, 7) is 2.79. The highest BCUT2D eigenvalue weighted by atomic mass is 16.6. The molecule has 0 aromatic heterocycles. The fourth-order valence-corrected chi connectivity index (χ4v) is 3.16. The summed E-state index contributed by atoms with van der Waals surface area (Å²) in [6.07, 6.45) is 0.192. The zero-order valence-corrected chi connectivity index (χ0v) is 15.8. The number of nitro groups is 1. The third-order valence-corrected chi connectivity index (χ3v) is 4.81. The first-order valence-corrected chi connectivity index (χ1v) is 9.28. The van der Waals surface area contributed by atoms with Crippen molar-refractivity contribution in [3.63, 3.8) is 0 Å². The highest BCUT2D eigenvalue weighted by Gasteiger charge is 2.21. The molecule has 2 aromatic carbocycles. The maximum atomic E-state index is 12.4. The van der Waals surface area contributed by atoms with E-state index in [2.05, 4.69) is 10.2 Å². The van der Waals surface area contributed by atoms with Crippen molar-refractivity contribution in [1.82, 2.24) is 10.2 Å². The molecule has 2 aromatic rings. The third kappa shape index (κ3) is 5.22. The van der Waals surface area contributed by atoms with E-state index >= 15 is 0 Å². The van der Waals surface area contributed by atoms with Gasteiger partial charge in [0, 0.05) is 62.5 Å². The molecule has 0 unspecified atom stereocenters. The zero-order chi connectivity index (χ0) is 20.8. The third-order valence-electron chi connectivity index (χ3n) is 4.81. The molecule has 1 aliphatic heterocycles. The highest BCUT2D eigenvalue weighted by molar-refractivity contribution is 5.94. The van der Waals surface area contributed by atoms with E-state index in [-0.39, 0.29) is 36.2 Å². The molecule has 1 aliphatic rings. The molecule has 9 heteroatoms. The van der Waals surface area contributed by atoms with Gasteiger partial charge in [-0.05, 0) is 36.4 Å². The van der Waals surface area contributed by atoms with Gasteiger partial charge >= 0.3 is 0 Å². The number of amides is 2. The van der Waals surface area contributed by atoms with Gasteiger partial charge < -0.3 is 20.2 Å². The number of nitro benzene ring substituents is 1. The van der Waals surface area contributed by atoms with E-state index < -0.39 is 4.92 Å². The van der Waals surface area contributed by atoms with Gasteiger partial charge in [-0.2, -0.15) is 0 Å². The lowest BCUT2D eigenvalue weighted by Crippen LogP contribution is -2.49. The Morgan fingerprint density at radius 2 is 1.62 bits per heavy atom. The molecule has 1 fully saturated rings. The number of benzene rings is 2. The number of phenols is 1. The largest absolute Gasteiger partial charge is 0.508 e. The van der Waals surface area contributed by atoms with Crippen LogP contribution in [0.15, 0.2) is 48.5 Å². The maximum absolute atomic E-state index is 12.4. The van der Waals surface area contributed by atoms with Gasteiger partial charge in [0.2, 0.25) is 5.91 Å². The summed E-state index contributed by atoms with van der Waals surface area (Å²) in [4.78, 5) is 38.5. The van der Waals surface area contributed by atoms with E-state index in [9.17, 15) is 24.8 Å². The SMILES string of the molecule is O=C(NCCC(=O)N1CCN(c2ccc(O)cc2)CC1)c1ccc([N+](=O)[O-])cc1. The number of rotatable bonds is 6. The number of carbonyl (C=O) groups excluding carboxylic acids is 2. The Balaban J connectivity index is 1.41. The van der Waals surface area contributed by atoms with E-state index in [1.54, 1.807) is 17.0 Å². The minimum atomic E-state index is -0.526. The second kappa shape index (κ2) is 9.05. The lowest BCUT2D eigenvalue weighted by atomic mass is 10.2. The quantitative estimate of drug-likeness (QED) is 0.566. The number of carbonyl (C=O) groups is 2. The lowest BCUT2D eigenvalue weighted by molar-refractivity contribution is -0.384. The smallest absolute Gasteiger partial charge is 0.269 e. The number of hydrogen-bond acceptors (Lipinski definition) is 6. The van der Waals surface area contributed by atoms with Gasteiger partial charge in [-0.25, -0.2) is 0 Å². The van der Waals surface area contributed by atoms with Gasteiger partial charge in [0.15, 0.2) is 0 Å². The summed E-state index contributed by atoms with van der Waals surface area (Å²) in [5.41, 5.74) is 1.24. The average molecular weight is 398 g/mol. The zero-order valence-electron chi connectivity index (χ0n) is 15.8. The molecule has 0 saturated carbocycles. The predicted octanol–water partition coefficient (Wildman–Crippen LogP) is 1.77. The highest BCUT2D eigenvalue weighted by Crippen LogP contribution is 2.20. The first kappa shape index (κ1) is 20.1. The number of piperazine rings is 1. The molecule has 3 rings (SSSR count). The summed E-state index contributed by atoms with van der Waals surface area (Å²) in [5, 5.41) is 22.7. The first-order valence-electron chi connectivity index (χ1n) is 9.28. The summed E-state index contributed by atoms with van der Waals surface area (Å²) >= 11 is 0. The van der Waals surface area contributed by atoms with Crippen molar-refractivity contribution in [2.75, 3.05) is 37.6 Å². The molecule has 1 saturated heterocycles. The Morgan fingerprint density at radius 1 is 1.00 bits per heavy atom. The van der Waals surface area contributed by atoms with Crippen molar-refractivity contribution >= 4 is 23.2 Å². The van der Waals surface area contributed by atoms with Crippen LogP contribution in [0.5, 0.6) is 5.75 Å². The maximum Gasteiger partial charge on any atom is 0.269 e. The van der Waals surface area contributed by atoms with Crippen LogP contribution in [0.25, 0.3) is 0 Å². The number of hydrogen-bond donors (Lipinski definition) is 2. The lowest BCUT2D eigenvalue weighted by Gasteiger charge is -2.36. The standard InChI is InChI=1S/C20H22N4O5/c25-18-7-5-16(6-8-18)22-11-13-23(14-12-22)19(26)9-10-21-20(27)15-1-3-17(4-2-15)24(28)29/h1-8,25H,9-14H2,(H,21,27). The number of aromatic hydroxyl groups is 1. The van der Waals surface area contributed by atoms with E-state index in [4.69, 9.17) is 0 Å². The number of phenolic OH excluding ortho intramolecular Hbond substituents is 1. The van der Waals surface area contributed by atoms with Crippen LogP contribution >= 0.6 is 0 Å². The molecular formula is C20H22N4O5. The van der Waals surface area contributed by atoms with Gasteiger partial charge in [-0.15, -0.1) is 0 Å². The van der Waals surface area contributed by atoms with Crippen molar-refractivity contribution in [1.29, 1.82) is 0 Å². The Morgan fingerprint density at radius 3 is 2.21 bits per heavy atom. The van der Waals surface area contributed by atoms with Crippen molar-refractivity contribution in [2.45, 2.75) is 6.42 Å². The summed E-state index contributed by atoms with van der Waals surface area (Å²) in [6, 6.07) is 12.3. The van der Waals surface area contributed by atoms with Gasteiger partial charge in [-0.1, -0.05) is 0 Å². The van der Waals surface area contributed by atoms with Gasteiger partial charge in [-0.3, -0.25) is 19.7 Å². The van der Waals surface area contributed by atoms with Crippen LogP contribution in [-0.4, -0.2) is 59.5 Å². The summed E-state index contributed by atoms with van der Waals surface area (Å²) in [7, 11) is 0. The Bertz CT molecular complexity index is 875. The van der Waals surface area contributed by atoms with Gasteiger partial charge in [0.1, 0.15) is 5.75 Å². The van der Waals surface area contributed by atoms with E-state index in [0.717, 1.165) is 5.69 Å². The minimum Gasteiger partial charge on any atom is -0.508 e. The Labute approximate surface area is 167 Å². The van der Waals surface area contributed by atoms with Crippen LogP contribution in [0.2, 0.25) is 0 Å². The summed E-state index contributed by atoms with van der Waals surface area (Å²) < 4.78 is 0. The Hall–Kier alpha value is -3.62. The topological polar surface area (TPSA) is 116 Å². The molecule has 2 amide bonds. The molecule has 29 heavy (non-hydrogen) atoms. The monoisotopic (exact) mass is 398 g/mol. The molecular weight excluding hydrogens is 376 g/mol. The van der Waals surface area contributed by atoms with E-state index in [1.807, 2.05) is 12.1 Å². The van der Waals surface area contributed by atoms with Crippen molar-refractivity contribution in [3.8, 4) is 5.75 Å². The van der Waals surface area contributed by atoms with Crippen LogP contribution in [0.3, 0.4) is 0 Å². The molecule has 2 N–H and O–H groups in total. The molecule has 0 spiro atoms. The van der Waals surface area contributed by atoms with Crippen molar-refractivity contribution in [3.05, 3.63) is 64.2 Å². The molecule has 0 atom stereocenters. The normalized spacial score (nSPS) is 13.8. The van der Waals surface area contributed by atoms with Gasteiger partial charge in [0.05, 0.1) is 4.92 Å².